The van der Waals surface area contributed by atoms with Crippen LogP contribution in [0.15, 0.2) is 24.3 Å². The van der Waals surface area contributed by atoms with Gasteiger partial charge in [0.25, 0.3) is 0 Å². The number of nitrogens with one attached hydrogen (secondary N) is 1. The van der Waals surface area contributed by atoms with E-state index in [1.165, 1.54) is 6.08 Å². The molecule has 0 saturated heterocycles. The summed E-state index contributed by atoms with van der Waals surface area (Å²) in [5, 5.41) is 13.4. The van der Waals surface area contributed by atoms with E-state index >= 15 is 0 Å². The molecular formula is C23H31N3O3. The summed E-state index contributed by atoms with van der Waals surface area (Å²) < 4.78 is 7.15. The molecule has 29 heavy (non-hydrogen) atoms. The molecule has 0 spiro atoms. The number of pyridine rings is 1. The Morgan fingerprint density at radius 3 is 2.52 bits per heavy atom. The molecule has 0 amide bonds. The Balaban J connectivity index is 1.98. The van der Waals surface area contributed by atoms with Gasteiger partial charge >= 0.3 is 5.97 Å². The van der Waals surface area contributed by atoms with Gasteiger partial charge in [0.2, 0.25) is 0 Å². The van der Waals surface area contributed by atoms with Gasteiger partial charge in [0.15, 0.2) is 0 Å². The number of aliphatic hydroxyl groups excluding tert-OH is 1. The summed E-state index contributed by atoms with van der Waals surface area (Å²) in [5.74, 6) is 1.25. The standard InChI is InChI=1S/C23H31N3O3/c1-5-29-22(28)13-12-20-15(2)14-21(26-16(3)6-7-17(26)4)25-23(20)24-18-8-10-19(27)11-9-18/h6-7,12-14,18-19,27H,5,8-11H2,1-4H3,(H,24,25)/b13-12+. The summed E-state index contributed by atoms with van der Waals surface area (Å²) >= 11 is 0. The number of esters is 1. The van der Waals surface area contributed by atoms with Crippen LogP contribution in [0.3, 0.4) is 0 Å². The fraction of sp³-hybridized carbons (Fsp3) is 0.478. The summed E-state index contributed by atoms with van der Waals surface area (Å²) in [7, 11) is 0. The third kappa shape index (κ3) is 5.07. The normalized spacial score (nSPS) is 19.5. The SMILES string of the molecule is CCOC(=O)/C=C/c1c(C)cc(-n2c(C)ccc2C)nc1NC1CCC(O)CC1. The molecule has 0 aliphatic heterocycles. The Kier molecular flexibility index (Phi) is 6.75. The van der Waals surface area contributed by atoms with Crippen molar-refractivity contribution in [1.29, 1.82) is 0 Å². The smallest absolute Gasteiger partial charge is 0.330 e. The van der Waals surface area contributed by atoms with E-state index in [0.29, 0.717) is 6.61 Å². The lowest BCUT2D eigenvalue weighted by Crippen LogP contribution is -2.29. The third-order valence-electron chi connectivity index (χ3n) is 5.46. The highest BCUT2D eigenvalue weighted by Crippen LogP contribution is 2.28. The minimum absolute atomic E-state index is 0.206. The molecule has 3 rings (SSSR count). The van der Waals surface area contributed by atoms with E-state index in [2.05, 4.69) is 35.9 Å². The van der Waals surface area contributed by atoms with Crippen molar-refractivity contribution < 1.29 is 14.6 Å². The number of aromatic nitrogens is 2. The highest BCUT2D eigenvalue weighted by atomic mass is 16.5. The van der Waals surface area contributed by atoms with Crippen molar-refractivity contribution in [3.8, 4) is 5.82 Å². The maximum atomic E-state index is 11.8. The van der Waals surface area contributed by atoms with Gasteiger partial charge in [-0.1, -0.05) is 0 Å². The molecule has 1 saturated carbocycles. The number of ether oxygens (including phenoxy) is 1. The topological polar surface area (TPSA) is 76.4 Å². The van der Waals surface area contributed by atoms with Crippen molar-refractivity contribution in [3.05, 3.63) is 46.8 Å². The number of carbonyl (C=O) groups excluding carboxylic acids is 1. The molecule has 2 aromatic heterocycles. The summed E-state index contributed by atoms with van der Waals surface area (Å²) in [5.41, 5.74) is 4.16. The molecule has 1 aliphatic rings. The Labute approximate surface area is 172 Å². The molecular weight excluding hydrogens is 366 g/mol. The van der Waals surface area contributed by atoms with Gasteiger partial charge in [-0.3, -0.25) is 0 Å². The first-order valence-electron chi connectivity index (χ1n) is 10.4. The van der Waals surface area contributed by atoms with Gasteiger partial charge in [-0.05, 0) is 83.2 Å². The van der Waals surface area contributed by atoms with Crippen molar-refractivity contribution >= 4 is 17.9 Å². The molecule has 0 unspecified atom stereocenters. The van der Waals surface area contributed by atoms with Crippen LogP contribution in [0.1, 0.15) is 55.1 Å². The van der Waals surface area contributed by atoms with Crippen molar-refractivity contribution in [3.63, 3.8) is 0 Å². The van der Waals surface area contributed by atoms with Gasteiger partial charge in [-0.2, -0.15) is 0 Å². The number of rotatable bonds is 6. The number of aliphatic hydroxyl groups is 1. The lowest BCUT2D eigenvalue weighted by molar-refractivity contribution is -0.137. The molecule has 6 heteroatoms. The molecule has 6 nitrogen and oxygen atoms in total. The second-order valence-corrected chi connectivity index (χ2v) is 7.75. The molecule has 1 aliphatic carbocycles. The molecule has 2 heterocycles. The molecule has 1 fully saturated rings. The van der Waals surface area contributed by atoms with Gasteiger partial charge in [0.05, 0.1) is 12.7 Å². The van der Waals surface area contributed by atoms with Crippen molar-refractivity contribution in [1.82, 2.24) is 9.55 Å². The predicted molar refractivity (Wildman–Crippen MR) is 115 cm³/mol. The molecule has 0 bridgehead atoms. The first kappa shape index (κ1) is 21.1. The molecule has 2 aromatic rings. The van der Waals surface area contributed by atoms with Crippen LogP contribution in [0.5, 0.6) is 0 Å². The number of aryl methyl sites for hydroxylation is 3. The van der Waals surface area contributed by atoms with Crippen LogP contribution in [-0.4, -0.2) is 39.4 Å². The van der Waals surface area contributed by atoms with Crippen LogP contribution in [0.4, 0.5) is 5.82 Å². The van der Waals surface area contributed by atoms with Crippen molar-refractivity contribution in [2.24, 2.45) is 0 Å². The summed E-state index contributed by atoms with van der Waals surface area (Å²) in [4.78, 5) is 16.7. The van der Waals surface area contributed by atoms with E-state index in [1.54, 1.807) is 13.0 Å². The van der Waals surface area contributed by atoms with Gasteiger partial charge < -0.3 is 19.7 Å². The minimum Gasteiger partial charge on any atom is -0.463 e. The van der Waals surface area contributed by atoms with Crippen LogP contribution in [-0.2, 0) is 9.53 Å². The van der Waals surface area contributed by atoms with Gasteiger partial charge in [-0.25, -0.2) is 9.78 Å². The summed E-state index contributed by atoms with van der Waals surface area (Å²) in [6.07, 6.45) is 6.40. The number of anilines is 1. The van der Waals surface area contributed by atoms with E-state index in [4.69, 9.17) is 9.72 Å². The van der Waals surface area contributed by atoms with Crippen molar-refractivity contribution in [2.45, 2.75) is 65.5 Å². The number of hydrogen-bond donors (Lipinski definition) is 2. The van der Waals surface area contributed by atoms with Gasteiger partial charge in [0, 0.05) is 29.1 Å². The van der Waals surface area contributed by atoms with E-state index in [9.17, 15) is 9.90 Å². The number of nitrogens with zero attached hydrogens (tertiary/aromatic N) is 2. The summed E-state index contributed by atoms with van der Waals surface area (Å²) in [6, 6.07) is 6.45. The average Bonchev–Trinajstić information content (AvgIpc) is 3.01. The number of hydrogen-bond acceptors (Lipinski definition) is 5. The maximum Gasteiger partial charge on any atom is 0.330 e. The Morgan fingerprint density at radius 2 is 1.90 bits per heavy atom. The first-order chi connectivity index (χ1) is 13.9. The van der Waals surface area contributed by atoms with Crippen molar-refractivity contribution in [2.75, 3.05) is 11.9 Å². The Morgan fingerprint density at radius 1 is 1.24 bits per heavy atom. The fourth-order valence-corrected chi connectivity index (χ4v) is 3.89. The van der Waals surface area contributed by atoms with Gasteiger partial charge in [-0.15, -0.1) is 0 Å². The largest absolute Gasteiger partial charge is 0.463 e. The molecule has 156 valence electrons. The van der Waals surface area contributed by atoms with Crippen LogP contribution < -0.4 is 5.32 Å². The first-order valence-corrected chi connectivity index (χ1v) is 10.4. The number of carbonyl (C=O) groups is 1. The molecule has 0 atom stereocenters. The molecule has 0 aromatic carbocycles. The van der Waals surface area contributed by atoms with E-state index in [-0.39, 0.29) is 18.1 Å². The highest BCUT2D eigenvalue weighted by molar-refractivity contribution is 5.88. The minimum atomic E-state index is -0.361. The maximum absolute atomic E-state index is 11.8. The van der Waals surface area contributed by atoms with Crippen LogP contribution in [0.25, 0.3) is 11.9 Å². The third-order valence-corrected chi connectivity index (χ3v) is 5.46. The second kappa shape index (κ2) is 9.27. The zero-order valence-electron chi connectivity index (χ0n) is 17.7. The summed E-state index contributed by atoms with van der Waals surface area (Å²) in [6.45, 7) is 8.29. The molecule has 2 N–H and O–H groups in total. The molecule has 0 radical (unpaired) electrons. The zero-order chi connectivity index (χ0) is 21.0. The van der Waals surface area contributed by atoms with Gasteiger partial charge in [0.1, 0.15) is 11.6 Å². The quantitative estimate of drug-likeness (QED) is 0.567. The zero-order valence-corrected chi connectivity index (χ0v) is 17.7. The Hall–Kier alpha value is -2.60. The van der Waals surface area contributed by atoms with E-state index < -0.39 is 0 Å². The monoisotopic (exact) mass is 397 g/mol. The van der Waals surface area contributed by atoms with Crippen LogP contribution in [0, 0.1) is 20.8 Å². The van der Waals surface area contributed by atoms with Crippen LogP contribution in [0.2, 0.25) is 0 Å². The lowest BCUT2D eigenvalue weighted by atomic mass is 9.93. The Bertz CT molecular complexity index is 874. The second-order valence-electron chi connectivity index (χ2n) is 7.75. The predicted octanol–water partition coefficient (Wildman–Crippen LogP) is 4.09. The van der Waals surface area contributed by atoms with E-state index in [0.717, 1.165) is 59.8 Å². The lowest BCUT2D eigenvalue weighted by Gasteiger charge is -2.28. The van der Waals surface area contributed by atoms with Crippen LogP contribution >= 0.6 is 0 Å². The fourth-order valence-electron chi connectivity index (χ4n) is 3.89. The highest BCUT2D eigenvalue weighted by Gasteiger charge is 2.21. The average molecular weight is 398 g/mol. The van der Waals surface area contributed by atoms with E-state index in [1.807, 2.05) is 13.0 Å².